The monoisotopic (exact) mass is 889 g/mol. The Labute approximate surface area is 380 Å². The van der Waals surface area contributed by atoms with E-state index >= 15 is 0 Å². The fourth-order valence-electron chi connectivity index (χ4n) is 11.0. The fraction of sp³-hybridized carbons (Fsp3) is 0.698. The predicted octanol–water partition coefficient (Wildman–Crippen LogP) is 11.0. The van der Waals surface area contributed by atoms with Crippen molar-refractivity contribution in [2.45, 2.75) is 167 Å². The number of Topliss-reactive ketones (excluding diaryl/α,β-unsaturated/α-hetero) is 2. The van der Waals surface area contributed by atoms with Gasteiger partial charge in [0.25, 0.3) is 0 Å². The van der Waals surface area contributed by atoms with Crippen LogP contribution in [0.4, 0.5) is 0 Å². The Morgan fingerprint density at radius 3 is 2.00 bits per heavy atom. The van der Waals surface area contributed by atoms with Crippen LogP contribution in [-0.2, 0) is 47.8 Å². The van der Waals surface area contributed by atoms with Gasteiger partial charge in [0.05, 0.1) is 28.9 Å². The molecule has 63 heavy (non-hydrogen) atoms. The number of benzene rings is 2. The molecule has 2 heterocycles. The molecule has 8 rings (SSSR count). The molecule has 2 aromatic rings. The van der Waals surface area contributed by atoms with E-state index < -0.39 is 8.07 Å². The minimum atomic E-state index is -1.59. The molecule has 2 aliphatic heterocycles. The van der Waals surface area contributed by atoms with Gasteiger partial charge in [-0.1, -0.05) is 63.7 Å². The molecule has 1 saturated carbocycles. The lowest BCUT2D eigenvalue weighted by Crippen LogP contribution is -2.40. The van der Waals surface area contributed by atoms with Gasteiger partial charge < -0.3 is 33.5 Å². The maximum absolute atomic E-state index is 13.3. The summed E-state index contributed by atoms with van der Waals surface area (Å²) in [7, 11) is 1.92. The van der Waals surface area contributed by atoms with Crippen molar-refractivity contribution in [3.05, 3.63) is 69.8 Å². The van der Waals surface area contributed by atoms with Crippen molar-refractivity contribution in [1.82, 2.24) is 0 Å². The largest absolute Gasteiger partial charge is 0.496 e. The molecule has 0 amide bonds. The number of hydrogen-bond donors (Lipinski definition) is 1. The number of allylic oxidation sites excluding steroid dienone is 2. The Kier molecular flexibility index (Phi) is 18.1. The molecule has 10 heteroatoms. The third-order valence-corrected chi connectivity index (χ3v) is 20.9. The van der Waals surface area contributed by atoms with Crippen LogP contribution < -0.4 is 9.47 Å². The number of hydrogen-bond acceptors (Lipinski definition) is 9. The Bertz CT molecular complexity index is 1840. The third kappa shape index (κ3) is 12.3. The predicted molar refractivity (Wildman–Crippen MR) is 252 cm³/mol. The number of ether oxygens (including phenoxy) is 6. The number of aliphatic hydroxyl groups excluding tert-OH is 1. The van der Waals surface area contributed by atoms with E-state index in [2.05, 4.69) is 64.2 Å². The zero-order chi connectivity index (χ0) is 45.1. The smallest absolute Gasteiger partial charge is 0.159 e. The van der Waals surface area contributed by atoms with Crippen molar-refractivity contribution in [2.75, 3.05) is 47.3 Å². The molecule has 3 fully saturated rings. The van der Waals surface area contributed by atoms with Crippen molar-refractivity contribution >= 4 is 19.6 Å². The SMILES string of the molecule is CCO.COc1cccc2c1CC1CC(=O)C(CCCOC3CCCCO3)[C@H]1C2.COc1cccc2c1C[C@H]1CC(=O)C(CCCOC3CCCCO3)=C1[C@@H]2C[Si](C)(C)C(C)(C)C. The average molecular weight is 889 g/mol. The van der Waals surface area contributed by atoms with E-state index in [1.807, 2.05) is 6.07 Å². The van der Waals surface area contributed by atoms with Gasteiger partial charge in [0, 0.05) is 51.1 Å². The minimum absolute atomic E-state index is 0.0233. The minimum Gasteiger partial charge on any atom is -0.496 e. The van der Waals surface area contributed by atoms with Crippen molar-refractivity contribution in [1.29, 1.82) is 0 Å². The lowest BCUT2D eigenvalue weighted by molar-refractivity contribution is -0.163. The zero-order valence-corrected chi connectivity index (χ0v) is 41.1. The maximum atomic E-state index is 13.3. The molecule has 0 radical (unpaired) electrons. The van der Waals surface area contributed by atoms with Crippen LogP contribution in [0.25, 0.3) is 0 Å². The van der Waals surface area contributed by atoms with Crippen LogP contribution in [0.3, 0.4) is 0 Å². The Morgan fingerprint density at radius 1 is 0.778 bits per heavy atom. The first-order chi connectivity index (χ1) is 30.3. The summed E-state index contributed by atoms with van der Waals surface area (Å²) in [5.41, 5.74) is 7.98. The molecule has 1 N–H and O–H groups in total. The van der Waals surface area contributed by atoms with Crippen molar-refractivity contribution in [3.8, 4) is 11.5 Å². The van der Waals surface area contributed by atoms with E-state index in [1.165, 1.54) is 46.7 Å². The molecule has 0 bridgehead atoms. The molecule has 7 atom stereocenters. The van der Waals surface area contributed by atoms with Gasteiger partial charge in [-0.25, -0.2) is 0 Å². The van der Waals surface area contributed by atoms with E-state index in [-0.39, 0.29) is 25.1 Å². The van der Waals surface area contributed by atoms with E-state index in [1.54, 1.807) is 21.1 Å². The number of methoxy groups -OCH3 is 2. The fourth-order valence-corrected chi connectivity index (χ4v) is 13.1. The zero-order valence-electron chi connectivity index (χ0n) is 40.1. The normalized spacial score (nSPS) is 26.7. The molecule has 0 spiro atoms. The highest BCUT2D eigenvalue weighted by Crippen LogP contribution is 2.54. The van der Waals surface area contributed by atoms with Crippen LogP contribution in [0, 0.1) is 23.7 Å². The second-order valence-electron chi connectivity index (χ2n) is 20.5. The van der Waals surface area contributed by atoms with Crippen molar-refractivity contribution < 1.29 is 43.1 Å². The van der Waals surface area contributed by atoms with Gasteiger partial charge in [-0.05, 0) is 159 Å². The molecule has 6 aliphatic rings. The maximum Gasteiger partial charge on any atom is 0.159 e. The van der Waals surface area contributed by atoms with Crippen LogP contribution in [-0.4, -0.2) is 84.6 Å². The molecule has 0 aromatic heterocycles. The molecule has 2 saturated heterocycles. The molecular formula is C53H80O9Si. The van der Waals surface area contributed by atoms with E-state index in [0.29, 0.717) is 59.9 Å². The van der Waals surface area contributed by atoms with Crippen LogP contribution in [0.2, 0.25) is 24.2 Å². The van der Waals surface area contributed by atoms with E-state index in [9.17, 15) is 9.59 Å². The molecule has 9 nitrogen and oxygen atoms in total. The number of carbonyl (C=O) groups is 2. The van der Waals surface area contributed by atoms with Crippen molar-refractivity contribution in [2.24, 2.45) is 23.7 Å². The van der Waals surface area contributed by atoms with Crippen molar-refractivity contribution in [3.63, 3.8) is 0 Å². The van der Waals surface area contributed by atoms with E-state index in [4.69, 9.17) is 33.5 Å². The number of carbonyl (C=O) groups excluding carboxylic acids is 2. The van der Waals surface area contributed by atoms with Crippen LogP contribution in [0.5, 0.6) is 11.5 Å². The highest BCUT2D eigenvalue weighted by atomic mass is 28.3. The summed E-state index contributed by atoms with van der Waals surface area (Å²) in [6, 6.07) is 14.0. The van der Waals surface area contributed by atoms with Gasteiger partial charge in [-0.3, -0.25) is 9.59 Å². The molecular weight excluding hydrogens is 809 g/mol. The van der Waals surface area contributed by atoms with Gasteiger partial charge in [-0.2, -0.15) is 0 Å². The molecule has 350 valence electrons. The summed E-state index contributed by atoms with van der Waals surface area (Å²) in [5.74, 6) is 4.62. The van der Waals surface area contributed by atoms with Gasteiger partial charge in [-0.15, -0.1) is 0 Å². The topological polar surface area (TPSA) is 110 Å². The lowest BCUT2D eigenvalue weighted by Gasteiger charge is -2.43. The van der Waals surface area contributed by atoms with Crippen LogP contribution in [0.1, 0.15) is 133 Å². The number of ketones is 2. The molecule has 4 unspecified atom stereocenters. The number of aliphatic hydroxyl groups is 1. The summed E-state index contributed by atoms with van der Waals surface area (Å²) in [6.45, 7) is 17.1. The lowest BCUT2D eigenvalue weighted by atomic mass is 9.73. The first-order valence-electron chi connectivity index (χ1n) is 24.5. The van der Waals surface area contributed by atoms with Gasteiger partial charge >= 0.3 is 0 Å². The second-order valence-corrected chi connectivity index (χ2v) is 26.2. The highest BCUT2D eigenvalue weighted by Gasteiger charge is 2.47. The summed E-state index contributed by atoms with van der Waals surface area (Å²) >= 11 is 0. The number of fused-ring (bicyclic) bond motifs is 4. The summed E-state index contributed by atoms with van der Waals surface area (Å²) in [4.78, 5) is 26.0. The van der Waals surface area contributed by atoms with Gasteiger partial charge in [0.15, 0.2) is 18.4 Å². The van der Waals surface area contributed by atoms with E-state index in [0.717, 1.165) is 107 Å². The van der Waals surface area contributed by atoms with Gasteiger partial charge in [0.2, 0.25) is 0 Å². The summed E-state index contributed by atoms with van der Waals surface area (Å²) in [6.07, 6.45) is 14.5. The Balaban J connectivity index is 0.000000203. The Hall–Kier alpha value is -2.86. The molecule has 4 aliphatic carbocycles. The first-order valence-corrected chi connectivity index (χ1v) is 27.7. The highest BCUT2D eigenvalue weighted by molar-refractivity contribution is 6.80. The quantitative estimate of drug-likeness (QED) is 0.146. The first kappa shape index (κ1) is 49.6. The average Bonchev–Trinajstić information content (AvgIpc) is 3.76. The number of rotatable bonds is 14. The standard InChI is InChI=1S/C29H44O4Si.C22H30O4.C2H6O/c1-29(2,3)34(5,6)19-24-21-11-9-13-26(31-4)23(21)17-20-18-25(30)22(28(20)24)12-10-16-33-27-14-7-8-15-32-27;1-24-21-8-4-6-15-12-18-16(13-19(15)21)14-20(23)17(18)7-5-11-26-22-9-2-3-10-25-22;1-2-3/h9,11,13,20,24,27H,7-8,10,12,14-19H2,1-6H3;4,6,8,16-18,22H,2-3,5,7,9-14H2,1H3;3H,2H2,1H3/t20-,24+,27?;16?,17?,18-,22?;/m00./s1. The summed E-state index contributed by atoms with van der Waals surface area (Å²) < 4.78 is 34.5. The van der Waals surface area contributed by atoms with Gasteiger partial charge in [0.1, 0.15) is 17.3 Å². The summed E-state index contributed by atoms with van der Waals surface area (Å²) in [5, 5.41) is 7.87. The third-order valence-electron chi connectivity index (χ3n) is 15.4. The molecule has 2 aromatic carbocycles. The second kappa shape index (κ2) is 23.0. The van der Waals surface area contributed by atoms with Crippen LogP contribution >= 0.6 is 0 Å². The van der Waals surface area contributed by atoms with Crippen LogP contribution in [0.15, 0.2) is 47.5 Å². The Morgan fingerprint density at radius 2 is 1.40 bits per heavy atom.